The first-order valence-electron chi connectivity index (χ1n) is 7.06. The van der Waals surface area contributed by atoms with Gasteiger partial charge in [0.15, 0.2) is 0 Å². The molecule has 1 aliphatic heterocycles. The molecule has 0 saturated carbocycles. The molecule has 1 aromatic rings. The topological polar surface area (TPSA) is 15.3 Å². The summed E-state index contributed by atoms with van der Waals surface area (Å²) in [5, 5.41) is 3.52. The van der Waals surface area contributed by atoms with E-state index in [1.165, 1.54) is 30.6 Å². The molecular formula is C16H26N2. The number of nitrogens with zero attached hydrogens (tertiary/aromatic N) is 1. The third kappa shape index (κ3) is 3.49. The predicted molar refractivity (Wildman–Crippen MR) is 79.1 cm³/mol. The van der Waals surface area contributed by atoms with Crippen LogP contribution in [0.3, 0.4) is 0 Å². The molecule has 1 N–H and O–H groups in total. The van der Waals surface area contributed by atoms with Crippen LogP contribution in [0.1, 0.15) is 46.1 Å². The molecule has 2 rings (SSSR count). The van der Waals surface area contributed by atoms with Crippen LogP contribution in [0.2, 0.25) is 0 Å². The van der Waals surface area contributed by atoms with E-state index in [1.807, 2.05) is 0 Å². The van der Waals surface area contributed by atoms with E-state index in [-0.39, 0.29) is 5.54 Å². The van der Waals surface area contributed by atoms with Crippen LogP contribution in [-0.4, -0.2) is 18.1 Å². The quantitative estimate of drug-likeness (QED) is 0.877. The van der Waals surface area contributed by atoms with Crippen molar-refractivity contribution in [2.45, 2.75) is 58.7 Å². The largest absolute Gasteiger partial charge is 0.369 e. The Bertz CT molecular complexity index is 375. The minimum Gasteiger partial charge on any atom is -0.369 e. The maximum Gasteiger partial charge on any atom is 0.0368 e. The van der Waals surface area contributed by atoms with Crippen molar-refractivity contribution in [1.29, 1.82) is 0 Å². The Morgan fingerprint density at radius 3 is 2.39 bits per heavy atom. The Morgan fingerprint density at radius 1 is 1.22 bits per heavy atom. The Morgan fingerprint density at radius 2 is 1.89 bits per heavy atom. The highest BCUT2D eigenvalue weighted by Gasteiger charge is 2.20. The Labute approximate surface area is 111 Å². The fourth-order valence-corrected chi connectivity index (χ4v) is 2.49. The van der Waals surface area contributed by atoms with Crippen LogP contribution in [0.4, 0.5) is 5.69 Å². The van der Waals surface area contributed by atoms with Gasteiger partial charge < -0.3 is 10.2 Å². The lowest BCUT2D eigenvalue weighted by Gasteiger charge is -2.24. The number of hydrogen-bond acceptors (Lipinski definition) is 2. The molecule has 1 saturated heterocycles. The summed E-state index contributed by atoms with van der Waals surface area (Å²) in [5.74, 6) is 0. The van der Waals surface area contributed by atoms with Crippen molar-refractivity contribution >= 4 is 5.69 Å². The summed E-state index contributed by atoms with van der Waals surface area (Å²) in [4.78, 5) is 2.51. The number of nitrogens with one attached hydrogen (secondary N) is 1. The molecule has 1 aliphatic rings. The van der Waals surface area contributed by atoms with Crippen LogP contribution >= 0.6 is 0 Å². The lowest BCUT2D eigenvalue weighted by atomic mass is 10.1. The summed E-state index contributed by atoms with van der Waals surface area (Å²) < 4.78 is 0. The van der Waals surface area contributed by atoms with E-state index in [0.717, 1.165) is 6.54 Å². The lowest BCUT2D eigenvalue weighted by Crippen LogP contribution is -2.35. The van der Waals surface area contributed by atoms with Crippen LogP contribution in [-0.2, 0) is 6.54 Å². The molecule has 1 aromatic carbocycles. The molecule has 2 heteroatoms. The first-order chi connectivity index (χ1) is 8.46. The van der Waals surface area contributed by atoms with Crippen molar-refractivity contribution in [3.05, 3.63) is 29.8 Å². The molecule has 0 amide bonds. The molecule has 1 heterocycles. The molecule has 100 valence electrons. The van der Waals surface area contributed by atoms with Crippen LogP contribution in [0, 0.1) is 0 Å². The molecule has 1 fully saturated rings. The standard InChI is InChI=1S/C16H26N2/c1-13-6-5-11-18(13)15-9-7-14(8-10-15)12-17-16(2,3)4/h7-10,13,17H,5-6,11-12H2,1-4H3. The minimum atomic E-state index is 0.183. The predicted octanol–water partition coefficient (Wildman–Crippen LogP) is 3.56. The normalized spacial score (nSPS) is 20.4. The van der Waals surface area contributed by atoms with Gasteiger partial charge in [-0.25, -0.2) is 0 Å². The molecular weight excluding hydrogens is 220 g/mol. The Hall–Kier alpha value is -1.02. The molecule has 0 radical (unpaired) electrons. The van der Waals surface area contributed by atoms with Gasteiger partial charge in [-0.3, -0.25) is 0 Å². The van der Waals surface area contributed by atoms with Gasteiger partial charge >= 0.3 is 0 Å². The first kappa shape index (κ1) is 13.4. The van der Waals surface area contributed by atoms with Gasteiger partial charge in [-0.05, 0) is 58.2 Å². The van der Waals surface area contributed by atoms with Crippen LogP contribution in [0.15, 0.2) is 24.3 Å². The summed E-state index contributed by atoms with van der Waals surface area (Å²) in [5.41, 5.74) is 2.92. The van der Waals surface area contributed by atoms with Gasteiger partial charge in [-0.1, -0.05) is 12.1 Å². The van der Waals surface area contributed by atoms with Gasteiger partial charge in [0.2, 0.25) is 0 Å². The zero-order chi connectivity index (χ0) is 13.2. The average Bonchev–Trinajstić information content (AvgIpc) is 2.73. The zero-order valence-corrected chi connectivity index (χ0v) is 12.2. The molecule has 1 unspecified atom stereocenters. The van der Waals surface area contributed by atoms with Crippen molar-refractivity contribution in [3.63, 3.8) is 0 Å². The van der Waals surface area contributed by atoms with E-state index in [0.29, 0.717) is 6.04 Å². The average molecular weight is 246 g/mol. The zero-order valence-electron chi connectivity index (χ0n) is 12.2. The third-order valence-electron chi connectivity index (χ3n) is 3.64. The van der Waals surface area contributed by atoms with Gasteiger partial charge in [0, 0.05) is 30.4 Å². The molecule has 2 nitrogen and oxygen atoms in total. The van der Waals surface area contributed by atoms with Crippen molar-refractivity contribution in [3.8, 4) is 0 Å². The van der Waals surface area contributed by atoms with Crippen molar-refractivity contribution < 1.29 is 0 Å². The highest BCUT2D eigenvalue weighted by Crippen LogP contribution is 2.25. The monoisotopic (exact) mass is 246 g/mol. The van der Waals surface area contributed by atoms with E-state index < -0.39 is 0 Å². The summed E-state index contributed by atoms with van der Waals surface area (Å²) in [6.45, 7) is 11.1. The lowest BCUT2D eigenvalue weighted by molar-refractivity contribution is 0.424. The highest BCUT2D eigenvalue weighted by atomic mass is 15.2. The van der Waals surface area contributed by atoms with E-state index in [1.54, 1.807) is 0 Å². The van der Waals surface area contributed by atoms with Gasteiger partial charge in [0.05, 0.1) is 0 Å². The maximum atomic E-state index is 3.52. The second-order valence-corrected chi connectivity index (χ2v) is 6.45. The summed E-state index contributed by atoms with van der Waals surface area (Å²) >= 11 is 0. The van der Waals surface area contributed by atoms with Crippen molar-refractivity contribution in [2.24, 2.45) is 0 Å². The highest BCUT2D eigenvalue weighted by molar-refractivity contribution is 5.49. The van der Waals surface area contributed by atoms with Crippen LogP contribution in [0.25, 0.3) is 0 Å². The van der Waals surface area contributed by atoms with Crippen LogP contribution in [0.5, 0.6) is 0 Å². The number of benzene rings is 1. The fraction of sp³-hybridized carbons (Fsp3) is 0.625. The summed E-state index contributed by atoms with van der Waals surface area (Å²) in [7, 11) is 0. The minimum absolute atomic E-state index is 0.183. The van der Waals surface area contributed by atoms with Gasteiger partial charge in [-0.2, -0.15) is 0 Å². The summed E-state index contributed by atoms with van der Waals surface area (Å²) in [6, 6.07) is 9.73. The maximum absolute atomic E-state index is 3.52. The van der Waals surface area contributed by atoms with E-state index in [9.17, 15) is 0 Å². The molecule has 0 bridgehead atoms. The molecule has 0 aliphatic carbocycles. The first-order valence-corrected chi connectivity index (χ1v) is 7.06. The van der Waals surface area contributed by atoms with Gasteiger partial charge in [-0.15, -0.1) is 0 Å². The second kappa shape index (κ2) is 5.31. The second-order valence-electron chi connectivity index (χ2n) is 6.45. The van der Waals surface area contributed by atoms with Crippen molar-refractivity contribution in [1.82, 2.24) is 5.32 Å². The number of hydrogen-bond donors (Lipinski definition) is 1. The Balaban J connectivity index is 1.97. The molecule has 1 atom stereocenters. The van der Waals surface area contributed by atoms with E-state index >= 15 is 0 Å². The van der Waals surface area contributed by atoms with Gasteiger partial charge in [0.25, 0.3) is 0 Å². The van der Waals surface area contributed by atoms with E-state index in [4.69, 9.17) is 0 Å². The number of rotatable bonds is 3. The van der Waals surface area contributed by atoms with Crippen molar-refractivity contribution in [2.75, 3.05) is 11.4 Å². The van der Waals surface area contributed by atoms with Gasteiger partial charge in [0.1, 0.15) is 0 Å². The Kier molecular flexibility index (Phi) is 3.96. The SMILES string of the molecule is CC1CCCN1c1ccc(CNC(C)(C)C)cc1. The third-order valence-corrected chi connectivity index (χ3v) is 3.64. The molecule has 0 aromatic heterocycles. The molecule has 0 spiro atoms. The molecule has 18 heavy (non-hydrogen) atoms. The smallest absolute Gasteiger partial charge is 0.0368 e. The van der Waals surface area contributed by atoms with E-state index in [2.05, 4.69) is 62.2 Å². The van der Waals surface area contributed by atoms with Crippen LogP contribution < -0.4 is 10.2 Å². The summed E-state index contributed by atoms with van der Waals surface area (Å²) in [6.07, 6.45) is 2.65. The number of anilines is 1. The fourth-order valence-electron chi connectivity index (χ4n) is 2.49.